The molecule has 110 valence electrons. The van der Waals surface area contributed by atoms with Crippen LogP contribution < -0.4 is 4.72 Å². The zero-order chi connectivity index (χ0) is 14.8. The molecule has 5 nitrogen and oxygen atoms in total. The fraction of sp³-hybridized carbons (Fsp3) is 0.462. The van der Waals surface area contributed by atoms with Crippen molar-refractivity contribution in [2.24, 2.45) is 0 Å². The smallest absolute Gasteiger partial charge is 0.307 e. The Morgan fingerprint density at radius 1 is 1.35 bits per heavy atom. The number of rotatable bonds is 6. The molecule has 0 aromatic heterocycles. The SMILES string of the molecule is CCOC(=O)CC1(S(=O)(=O)Nc2ccc(I)cc2)CC1. The molecule has 1 aromatic carbocycles. The summed E-state index contributed by atoms with van der Waals surface area (Å²) >= 11 is 2.15. The van der Waals surface area contributed by atoms with Gasteiger partial charge in [-0.15, -0.1) is 0 Å². The molecule has 0 unspecified atom stereocenters. The van der Waals surface area contributed by atoms with Gasteiger partial charge in [0.05, 0.1) is 13.0 Å². The van der Waals surface area contributed by atoms with Crippen molar-refractivity contribution >= 4 is 44.3 Å². The molecule has 0 spiro atoms. The van der Waals surface area contributed by atoms with Crippen LogP contribution in [0.4, 0.5) is 5.69 Å². The van der Waals surface area contributed by atoms with Crippen LogP contribution in [0.15, 0.2) is 24.3 Å². The van der Waals surface area contributed by atoms with Crippen LogP contribution >= 0.6 is 22.6 Å². The molecular formula is C13H16INO4S. The molecule has 20 heavy (non-hydrogen) atoms. The molecule has 2 rings (SSSR count). The summed E-state index contributed by atoms with van der Waals surface area (Å²) in [6.45, 7) is 1.97. The van der Waals surface area contributed by atoms with Crippen LogP contribution in [0.3, 0.4) is 0 Å². The highest BCUT2D eigenvalue weighted by Crippen LogP contribution is 2.47. The summed E-state index contributed by atoms with van der Waals surface area (Å²) in [5, 5.41) is 0. The van der Waals surface area contributed by atoms with Gasteiger partial charge in [-0.3, -0.25) is 9.52 Å². The Morgan fingerprint density at radius 2 is 1.95 bits per heavy atom. The van der Waals surface area contributed by atoms with Crippen LogP contribution in [0.1, 0.15) is 26.2 Å². The largest absolute Gasteiger partial charge is 0.466 e. The van der Waals surface area contributed by atoms with E-state index in [-0.39, 0.29) is 13.0 Å². The van der Waals surface area contributed by atoms with E-state index in [0.717, 1.165) is 3.57 Å². The highest BCUT2D eigenvalue weighted by Gasteiger charge is 2.56. The van der Waals surface area contributed by atoms with E-state index in [4.69, 9.17) is 4.74 Å². The number of carbonyl (C=O) groups is 1. The standard InChI is InChI=1S/C13H16INO4S/c1-2-19-12(16)9-13(7-8-13)20(17,18)15-11-5-3-10(14)4-6-11/h3-6,15H,2,7-9H2,1H3. The van der Waals surface area contributed by atoms with Crippen molar-refractivity contribution in [2.45, 2.75) is 30.9 Å². The normalized spacial score (nSPS) is 16.5. The van der Waals surface area contributed by atoms with Crippen molar-refractivity contribution in [3.8, 4) is 0 Å². The quantitative estimate of drug-likeness (QED) is 0.579. The number of esters is 1. The van der Waals surface area contributed by atoms with E-state index < -0.39 is 20.7 Å². The molecule has 0 amide bonds. The van der Waals surface area contributed by atoms with Crippen LogP contribution in [0, 0.1) is 3.57 Å². The highest BCUT2D eigenvalue weighted by molar-refractivity contribution is 14.1. The summed E-state index contributed by atoms with van der Waals surface area (Å²) in [6.07, 6.45) is 0.900. The summed E-state index contributed by atoms with van der Waals surface area (Å²) in [5.41, 5.74) is 0.514. The minimum Gasteiger partial charge on any atom is -0.466 e. The number of nitrogens with one attached hydrogen (secondary N) is 1. The van der Waals surface area contributed by atoms with Crippen molar-refractivity contribution < 1.29 is 17.9 Å². The van der Waals surface area contributed by atoms with E-state index in [2.05, 4.69) is 27.3 Å². The van der Waals surface area contributed by atoms with E-state index in [1.165, 1.54) is 0 Å². The molecule has 0 heterocycles. The fourth-order valence-electron chi connectivity index (χ4n) is 1.94. The molecule has 0 atom stereocenters. The first kappa shape index (κ1) is 15.6. The minimum atomic E-state index is -3.58. The summed E-state index contributed by atoms with van der Waals surface area (Å²) < 4.78 is 32.2. The summed E-state index contributed by atoms with van der Waals surface area (Å²) in [7, 11) is -3.58. The summed E-state index contributed by atoms with van der Waals surface area (Å²) in [4.78, 5) is 11.5. The second-order valence-corrected chi connectivity index (χ2v) is 8.10. The van der Waals surface area contributed by atoms with Gasteiger partial charge in [-0.05, 0) is 66.6 Å². The molecule has 1 N–H and O–H groups in total. The van der Waals surface area contributed by atoms with Crippen molar-refractivity contribution in [1.29, 1.82) is 0 Å². The van der Waals surface area contributed by atoms with Crippen LogP contribution in [0.25, 0.3) is 0 Å². The maximum absolute atomic E-state index is 12.4. The van der Waals surface area contributed by atoms with Crippen LogP contribution in [-0.2, 0) is 19.6 Å². The molecule has 1 fully saturated rings. The lowest BCUT2D eigenvalue weighted by molar-refractivity contribution is -0.143. The molecule has 0 bridgehead atoms. The Balaban J connectivity index is 2.10. The molecule has 0 aliphatic heterocycles. The van der Waals surface area contributed by atoms with Gasteiger partial charge in [0.15, 0.2) is 0 Å². The number of benzene rings is 1. The van der Waals surface area contributed by atoms with Crippen molar-refractivity contribution in [1.82, 2.24) is 0 Å². The van der Waals surface area contributed by atoms with Gasteiger partial charge in [0.2, 0.25) is 10.0 Å². The number of hydrogen-bond acceptors (Lipinski definition) is 4. The van der Waals surface area contributed by atoms with Crippen LogP contribution in [-0.4, -0.2) is 25.7 Å². The Hall–Kier alpha value is -0.830. The van der Waals surface area contributed by atoms with E-state index in [1.807, 2.05) is 12.1 Å². The first-order chi connectivity index (χ1) is 9.38. The first-order valence-corrected chi connectivity index (χ1v) is 8.88. The topological polar surface area (TPSA) is 72.5 Å². The van der Waals surface area contributed by atoms with Gasteiger partial charge >= 0.3 is 5.97 Å². The summed E-state index contributed by atoms with van der Waals surface area (Å²) in [5.74, 6) is -0.460. The molecule has 1 saturated carbocycles. The minimum absolute atomic E-state index is 0.0828. The van der Waals surface area contributed by atoms with Crippen molar-refractivity contribution in [3.63, 3.8) is 0 Å². The molecular weight excluding hydrogens is 393 g/mol. The number of ether oxygens (including phenoxy) is 1. The van der Waals surface area contributed by atoms with E-state index in [0.29, 0.717) is 18.5 Å². The molecule has 0 saturated heterocycles. The summed E-state index contributed by atoms with van der Waals surface area (Å²) in [6, 6.07) is 7.06. The maximum Gasteiger partial charge on any atom is 0.307 e. The van der Waals surface area contributed by atoms with Gasteiger partial charge in [0.1, 0.15) is 4.75 Å². The lowest BCUT2D eigenvalue weighted by Gasteiger charge is -2.17. The van der Waals surface area contributed by atoms with Crippen LogP contribution in [0.2, 0.25) is 0 Å². The number of anilines is 1. The number of carbonyl (C=O) groups excluding carboxylic acids is 1. The number of sulfonamides is 1. The third-order valence-corrected chi connectivity index (χ3v) is 6.16. The Morgan fingerprint density at radius 3 is 2.45 bits per heavy atom. The molecule has 1 aromatic rings. The molecule has 1 aliphatic rings. The molecule has 1 aliphatic carbocycles. The maximum atomic E-state index is 12.4. The second kappa shape index (κ2) is 5.88. The fourth-order valence-corrected chi connectivity index (χ4v) is 3.91. The Bertz CT molecular complexity index is 593. The van der Waals surface area contributed by atoms with Gasteiger partial charge < -0.3 is 4.74 Å². The van der Waals surface area contributed by atoms with E-state index >= 15 is 0 Å². The second-order valence-electron chi connectivity index (χ2n) is 4.78. The van der Waals surface area contributed by atoms with E-state index in [9.17, 15) is 13.2 Å². The van der Waals surface area contributed by atoms with Gasteiger partial charge in [-0.25, -0.2) is 8.42 Å². The van der Waals surface area contributed by atoms with Gasteiger partial charge in [-0.2, -0.15) is 0 Å². The number of hydrogen-bond donors (Lipinski definition) is 1. The number of halogens is 1. The molecule has 7 heteroatoms. The molecule has 0 radical (unpaired) electrons. The Labute approximate surface area is 132 Å². The van der Waals surface area contributed by atoms with Crippen molar-refractivity contribution in [2.75, 3.05) is 11.3 Å². The third kappa shape index (κ3) is 3.43. The van der Waals surface area contributed by atoms with E-state index in [1.54, 1.807) is 19.1 Å². The van der Waals surface area contributed by atoms with Crippen molar-refractivity contribution in [3.05, 3.63) is 27.8 Å². The van der Waals surface area contributed by atoms with Crippen LogP contribution in [0.5, 0.6) is 0 Å². The van der Waals surface area contributed by atoms with Gasteiger partial charge in [-0.1, -0.05) is 0 Å². The monoisotopic (exact) mass is 409 g/mol. The third-order valence-electron chi connectivity index (χ3n) is 3.25. The van der Waals surface area contributed by atoms with Gasteiger partial charge in [0, 0.05) is 9.26 Å². The zero-order valence-corrected chi connectivity index (χ0v) is 14.0. The predicted molar refractivity (Wildman–Crippen MR) is 84.9 cm³/mol. The predicted octanol–water partition coefficient (Wildman–Crippen LogP) is 2.52. The average molecular weight is 409 g/mol. The highest BCUT2D eigenvalue weighted by atomic mass is 127. The Kier molecular flexibility index (Phi) is 4.58. The lowest BCUT2D eigenvalue weighted by Crippen LogP contribution is -2.32. The lowest BCUT2D eigenvalue weighted by atomic mass is 10.3. The first-order valence-electron chi connectivity index (χ1n) is 6.32. The zero-order valence-electron chi connectivity index (χ0n) is 11.1. The van der Waals surface area contributed by atoms with Gasteiger partial charge in [0.25, 0.3) is 0 Å². The average Bonchev–Trinajstić information content (AvgIpc) is 3.13.